The van der Waals surface area contributed by atoms with Gasteiger partial charge in [0.05, 0.1) is 0 Å². The summed E-state index contributed by atoms with van der Waals surface area (Å²) < 4.78 is 5.72. The number of rotatable bonds is 5. The van der Waals surface area contributed by atoms with Gasteiger partial charge in [0.15, 0.2) is 6.10 Å². The number of carbonyl (C=O) groups excluding carboxylic acids is 1. The summed E-state index contributed by atoms with van der Waals surface area (Å²) in [5.74, 6) is 0.715. The van der Waals surface area contributed by atoms with E-state index in [1.54, 1.807) is 6.92 Å². The van der Waals surface area contributed by atoms with Crippen LogP contribution >= 0.6 is 0 Å². The summed E-state index contributed by atoms with van der Waals surface area (Å²) in [6.07, 6.45) is 6.52. The van der Waals surface area contributed by atoms with E-state index in [2.05, 4.69) is 11.4 Å². The van der Waals surface area contributed by atoms with E-state index in [4.69, 9.17) is 4.74 Å². The fraction of sp³-hybridized carbons (Fsp3) is 0.471. The predicted molar refractivity (Wildman–Crippen MR) is 80.8 cm³/mol. The van der Waals surface area contributed by atoms with Crippen molar-refractivity contribution in [1.82, 2.24) is 5.32 Å². The van der Waals surface area contributed by atoms with Gasteiger partial charge in [-0.1, -0.05) is 29.8 Å². The van der Waals surface area contributed by atoms with Crippen LogP contribution in [0.1, 0.15) is 38.2 Å². The summed E-state index contributed by atoms with van der Waals surface area (Å²) in [5.41, 5.74) is 2.38. The molecule has 2 rings (SSSR count). The van der Waals surface area contributed by atoms with E-state index in [0.717, 1.165) is 24.2 Å². The van der Waals surface area contributed by atoms with Crippen LogP contribution in [0.2, 0.25) is 0 Å². The molecular weight excluding hydrogens is 250 g/mol. The Labute approximate surface area is 121 Å². The van der Waals surface area contributed by atoms with Crippen molar-refractivity contribution >= 4 is 5.91 Å². The lowest BCUT2D eigenvalue weighted by Crippen LogP contribution is -2.37. The summed E-state index contributed by atoms with van der Waals surface area (Å²) in [6, 6.07) is 7.75. The molecule has 0 saturated carbocycles. The number of nitrogens with one attached hydrogen (secondary N) is 1. The van der Waals surface area contributed by atoms with Crippen LogP contribution in [0.25, 0.3) is 0 Å². The lowest BCUT2D eigenvalue weighted by Gasteiger charge is -2.18. The van der Waals surface area contributed by atoms with Gasteiger partial charge in [0.1, 0.15) is 5.75 Å². The van der Waals surface area contributed by atoms with E-state index < -0.39 is 6.10 Å². The standard InChI is InChI=1S/C17H23NO2/c1-13-8-6-7-11-16(13)20-14(2)17(19)18-12-15-9-4-3-5-10-15/h6-9,11,14H,3-5,10,12H2,1-2H3,(H,18,19)/t14-/m1/s1. The Morgan fingerprint density at radius 1 is 1.35 bits per heavy atom. The maximum absolute atomic E-state index is 12.0. The molecular formula is C17H23NO2. The molecule has 1 amide bonds. The number of hydrogen-bond donors (Lipinski definition) is 1. The molecule has 1 aliphatic rings. The molecule has 1 aromatic rings. The molecule has 1 aromatic carbocycles. The Bertz CT molecular complexity index is 494. The molecule has 1 N–H and O–H groups in total. The molecule has 3 heteroatoms. The first-order valence-electron chi connectivity index (χ1n) is 7.34. The summed E-state index contributed by atoms with van der Waals surface area (Å²) >= 11 is 0. The lowest BCUT2D eigenvalue weighted by atomic mass is 10.00. The maximum Gasteiger partial charge on any atom is 0.261 e. The van der Waals surface area contributed by atoms with Crippen LogP contribution in [0.5, 0.6) is 5.75 Å². The number of aryl methyl sites for hydroxylation is 1. The largest absolute Gasteiger partial charge is 0.481 e. The van der Waals surface area contributed by atoms with Crippen molar-refractivity contribution < 1.29 is 9.53 Å². The number of amides is 1. The van der Waals surface area contributed by atoms with Crippen LogP contribution in [0, 0.1) is 6.92 Å². The molecule has 1 aliphatic carbocycles. The number of para-hydroxylation sites is 1. The third-order valence-corrected chi connectivity index (χ3v) is 3.64. The highest BCUT2D eigenvalue weighted by Crippen LogP contribution is 2.18. The smallest absolute Gasteiger partial charge is 0.261 e. The van der Waals surface area contributed by atoms with Crippen molar-refractivity contribution in [2.45, 2.75) is 45.6 Å². The second kappa shape index (κ2) is 7.13. The van der Waals surface area contributed by atoms with Crippen molar-refractivity contribution in [3.8, 4) is 5.75 Å². The van der Waals surface area contributed by atoms with Crippen molar-refractivity contribution in [2.24, 2.45) is 0 Å². The van der Waals surface area contributed by atoms with E-state index >= 15 is 0 Å². The Morgan fingerprint density at radius 2 is 2.15 bits per heavy atom. The Kier molecular flexibility index (Phi) is 5.22. The van der Waals surface area contributed by atoms with Gasteiger partial charge in [-0.2, -0.15) is 0 Å². The zero-order valence-corrected chi connectivity index (χ0v) is 12.3. The van der Waals surface area contributed by atoms with Crippen molar-refractivity contribution in [1.29, 1.82) is 0 Å². The number of hydrogen-bond acceptors (Lipinski definition) is 2. The minimum Gasteiger partial charge on any atom is -0.481 e. The SMILES string of the molecule is Cc1ccccc1O[C@H](C)C(=O)NCC1=CCCCC1. The average Bonchev–Trinajstić information content (AvgIpc) is 2.48. The third kappa shape index (κ3) is 4.12. The van der Waals surface area contributed by atoms with E-state index in [9.17, 15) is 4.79 Å². The van der Waals surface area contributed by atoms with Crippen LogP contribution in [0.15, 0.2) is 35.9 Å². The van der Waals surface area contributed by atoms with Crippen LogP contribution in [0.4, 0.5) is 0 Å². The van der Waals surface area contributed by atoms with Gasteiger partial charge < -0.3 is 10.1 Å². The Hall–Kier alpha value is -1.77. The number of allylic oxidation sites excluding steroid dienone is 1. The second-order valence-electron chi connectivity index (χ2n) is 5.35. The second-order valence-corrected chi connectivity index (χ2v) is 5.35. The highest BCUT2D eigenvalue weighted by atomic mass is 16.5. The van der Waals surface area contributed by atoms with E-state index in [-0.39, 0.29) is 5.91 Å². The summed E-state index contributed by atoms with van der Waals surface area (Å²) in [5, 5.41) is 2.96. The molecule has 0 unspecified atom stereocenters. The molecule has 108 valence electrons. The molecule has 3 nitrogen and oxygen atoms in total. The number of carbonyl (C=O) groups is 1. The van der Waals surface area contributed by atoms with E-state index in [1.165, 1.54) is 18.4 Å². The van der Waals surface area contributed by atoms with Crippen molar-refractivity contribution in [3.05, 3.63) is 41.5 Å². The lowest BCUT2D eigenvalue weighted by molar-refractivity contribution is -0.127. The first kappa shape index (κ1) is 14.6. The van der Waals surface area contributed by atoms with Crippen LogP contribution in [-0.2, 0) is 4.79 Å². The zero-order valence-electron chi connectivity index (χ0n) is 12.3. The molecule has 0 fully saturated rings. The van der Waals surface area contributed by atoms with Crippen LogP contribution in [-0.4, -0.2) is 18.6 Å². The van der Waals surface area contributed by atoms with Crippen molar-refractivity contribution in [3.63, 3.8) is 0 Å². The zero-order chi connectivity index (χ0) is 14.4. The molecule has 0 bridgehead atoms. The highest BCUT2D eigenvalue weighted by molar-refractivity contribution is 5.81. The first-order valence-corrected chi connectivity index (χ1v) is 7.34. The summed E-state index contributed by atoms with van der Waals surface area (Å²) in [4.78, 5) is 12.0. The number of ether oxygens (including phenoxy) is 1. The molecule has 20 heavy (non-hydrogen) atoms. The quantitative estimate of drug-likeness (QED) is 0.835. The molecule has 0 heterocycles. The van der Waals surface area contributed by atoms with Crippen LogP contribution < -0.4 is 10.1 Å². The van der Waals surface area contributed by atoms with Gasteiger partial charge >= 0.3 is 0 Å². The Balaban J connectivity index is 1.83. The predicted octanol–water partition coefficient (Wildman–Crippen LogP) is 3.38. The van der Waals surface area contributed by atoms with Gasteiger partial charge in [-0.25, -0.2) is 0 Å². The third-order valence-electron chi connectivity index (χ3n) is 3.64. The fourth-order valence-corrected chi connectivity index (χ4v) is 2.34. The average molecular weight is 273 g/mol. The minimum absolute atomic E-state index is 0.0558. The topological polar surface area (TPSA) is 38.3 Å². The van der Waals surface area contributed by atoms with E-state index in [0.29, 0.717) is 6.54 Å². The molecule has 0 aliphatic heterocycles. The van der Waals surface area contributed by atoms with Gasteiger partial charge in [-0.15, -0.1) is 0 Å². The van der Waals surface area contributed by atoms with Crippen LogP contribution in [0.3, 0.4) is 0 Å². The summed E-state index contributed by atoms with van der Waals surface area (Å²) in [6.45, 7) is 4.42. The maximum atomic E-state index is 12.0. The molecule has 0 spiro atoms. The monoisotopic (exact) mass is 273 g/mol. The van der Waals surface area contributed by atoms with Crippen molar-refractivity contribution in [2.75, 3.05) is 6.54 Å². The molecule has 0 saturated heterocycles. The molecule has 0 aromatic heterocycles. The number of benzene rings is 1. The van der Waals surface area contributed by atoms with Gasteiger partial charge in [0, 0.05) is 6.54 Å². The van der Waals surface area contributed by atoms with E-state index in [1.807, 2.05) is 31.2 Å². The van der Waals surface area contributed by atoms with Gasteiger partial charge in [0.25, 0.3) is 5.91 Å². The Morgan fingerprint density at radius 3 is 2.85 bits per heavy atom. The fourth-order valence-electron chi connectivity index (χ4n) is 2.34. The molecule has 0 radical (unpaired) electrons. The first-order chi connectivity index (χ1) is 9.66. The highest BCUT2D eigenvalue weighted by Gasteiger charge is 2.15. The molecule has 1 atom stereocenters. The van der Waals surface area contributed by atoms with Gasteiger partial charge in [-0.3, -0.25) is 4.79 Å². The minimum atomic E-state index is -0.472. The van der Waals surface area contributed by atoms with Gasteiger partial charge in [-0.05, 0) is 51.2 Å². The summed E-state index contributed by atoms with van der Waals surface area (Å²) in [7, 11) is 0. The normalized spacial score (nSPS) is 16.2. The van der Waals surface area contributed by atoms with Gasteiger partial charge in [0.2, 0.25) is 0 Å².